The number of thiazole rings is 1. The van der Waals surface area contributed by atoms with Crippen molar-refractivity contribution in [1.29, 1.82) is 0 Å². The third kappa shape index (κ3) is 4.68. The number of carbonyl (C=O) groups is 1. The molecular formula is C15H25N3O2S. The van der Waals surface area contributed by atoms with Crippen molar-refractivity contribution < 1.29 is 9.53 Å². The van der Waals surface area contributed by atoms with E-state index in [1.807, 2.05) is 0 Å². The molecule has 118 valence electrons. The number of aromatic nitrogens is 1. The Labute approximate surface area is 130 Å². The first-order chi connectivity index (χ1) is 9.86. The van der Waals surface area contributed by atoms with Crippen molar-refractivity contribution in [2.75, 3.05) is 44.2 Å². The fraction of sp³-hybridized carbons (Fsp3) is 0.733. The molecule has 0 saturated carbocycles. The van der Waals surface area contributed by atoms with Crippen LogP contribution in [-0.4, -0.2) is 55.2 Å². The molecule has 5 nitrogen and oxygen atoms in total. The van der Waals surface area contributed by atoms with Crippen LogP contribution in [0.5, 0.6) is 0 Å². The van der Waals surface area contributed by atoms with Crippen molar-refractivity contribution in [2.24, 2.45) is 0 Å². The summed E-state index contributed by atoms with van der Waals surface area (Å²) in [6.45, 7) is 13.3. The van der Waals surface area contributed by atoms with E-state index in [4.69, 9.17) is 9.72 Å². The van der Waals surface area contributed by atoms with Crippen LogP contribution in [-0.2, 0) is 14.9 Å². The van der Waals surface area contributed by atoms with Gasteiger partial charge in [-0.2, -0.15) is 0 Å². The molecule has 6 heteroatoms. The zero-order valence-electron chi connectivity index (χ0n) is 13.4. The summed E-state index contributed by atoms with van der Waals surface area (Å²) in [7, 11) is 0. The minimum Gasteiger partial charge on any atom is -0.465 e. The van der Waals surface area contributed by atoms with Crippen LogP contribution in [0.15, 0.2) is 5.38 Å². The molecule has 1 aliphatic heterocycles. The molecule has 0 aromatic carbocycles. The molecule has 21 heavy (non-hydrogen) atoms. The average molecular weight is 311 g/mol. The Hall–Kier alpha value is -1.14. The molecule has 0 radical (unpaired) electrons. The molecule has 1 aliphatic rings. The fourth-order valence-electron chi connectivity index (χ4n) is 2.24. The quantitative estimate of drug-likeness (QED) is 0.797. The van der Waals surface area contributed by atoms with Crippen LogP contribution in [0.1, 0.15) is 33.4 Å². The average Bonchev–Trinajstić information content (AvgIpc) is 2.88. The molecular weight excluding hydrogens is 286 g/mol. The maximum Gasteiger partial charge on any atom is 0.302 e. The van der Waals surface area contributed by atoms with Gasteiger partial charge in [-0.1, -0.05) is 20.8 Å². The van der Waals surface area contributed by atoms with Crippen molar-refractivity contribution in [3.05, 3.63) is 11.1 Å². The zero-order valence-corrected chi connectivity index (χ0v) is 14.2. The second-order valence-corrected chi connectivity index (χ2v) is 7.27. The van der Waals surface area contributed by atoms with Crippen molar-refractivity contribution >= 4 is 22.4 Å². The second kappa shape index (κ2) is 6.75. The van der Waals surface area contributed by atoms with E-state index in [-0.39, 0.29) is 11.4 Å². The van der Waals surface area contributed by atoms with Gasteiger partial charge >= 0.3 is 5.97 Å². The monoisotopic (exact) mass is 311 g/mol. The highest BCUT2D eigenvalue weighted by Crippen LogP contribution is 2.28. The number of nitrogens with zero attached hydrogens (tertiary/aromatic N) is 3. The Balaban J connectivity index is 1.81. The standard InChI is InChI=1S/C15H25N3O2S/c1-12(19)20-10-9-17-5-7-18(8-6-17)14-16-13(11-21-14)15(2,3)4/h11H,5-10H2,1-4H3. The molecule has 1 aromatic rings. The van der Waals surface area contributed by atoms with E-state index < -0.39 is 0 Å². The summed E-state index contributed by atoms with van der Waals surface area (Å²) in [5.41, 5.74) is 1.28. The van der Waals surface area contributed by atoms with E-state index in [1.165, 1.54) is 12.6 Å². The van der Waals surface area contributed by atoms with Gasteiger partial charge in [0.15, 0.2) is 5.13 Å². The molecule has 1 aromatic heterocycles. The molecule has 0 aliphatic carbocycles. The molecule has 0 unspecified atom stereocenters. The Bertz CT molecular complexity index is 474. The first kappa shape index (κ1) is 16.2. The lowest BCUT2D eigenvalue weighted by Gasteiger charge is -2.34. The van der Waals surface area contributed by atoms with Crippen LogP contribution in [0, 0.1) is 0 Å². The van der Waals surface area contributed by atoms with Crippen molar-refractivity contribution in [2.45, 2.75) is 33.1 Å². The first-order valence-electron chi connectivity index (χ1n) is 7.43. The van der Waals surface area contributed by atoms with Crippen LogP contribution < -0.4 is 4.90 Å². The van der Waals surface area contributed by atoms with Gasteiger partial charge in [-0.05, 0) is 0 Å². The van der Waals surface area contributed by atoms with Gasteiger partial charge in [0, 0.05) is 50.4 Å². The summed E-state index contributed by atoms with van der Waals surface area (Å²) in [4.78, 5) is 20.2. The fourth-order valence-corrected chi connectivity index (χ4v) is 3.34. The van der Waals surface area contributed by atoms with Crippen molar-refractivity contribution in [3.8, 4) is 0 Å². The molecule has 2 rings (SSSR count). The highest BCUT2D eigenvalue weighted by molar-refractivity contribution is 7.13. The minimum absolute atomic E-state index is 0.112. The van der Waals surface area contributed by atoms with Gasteiger partial charge in [-0.3, -0.25) is 9.69 Å². The third-order valence-corrected chi connectivity index (χ3v) is 4.52. The first-order valence-corrected chi connectivity index (χ1v) is 8.31. The third-order valence-electron chi connectivity index (χ3n) is 3.62. The molecule has 0 bridgehead atoms. The van der Waals surface area contributed by atoms with E-state index in [2.05, 4.69) is 36.0 Å². The number of hydrogen-bond donors (Lipinski definition) is 0. The normalized spacial score (nSPS) is 17.0. The second-order valence-electron chi connectivity index (χ2n) is 6.43. The number of ether oxygens (including phenoxy) is 1. The van der Waals surface area contributed by atoms with E-state index in [0.717, 1.165) is 37.9 Å². The number of piperazine rings is 1. The lowest BCUT2D eigenvalue weighted by molar-refractivity contribution is -0.141. The molecule has 0 spiro atoms. The summed E-state index contributed by atoms with van der Waals surface area (Å²) < 4.78 is 4.99. The summed E-state index contributed by atoms with van der Waals surface area (Å²) >= 11 is 1.73. The topological polar surface area (TPSA) is 45.7 Å². The van der Waals surface area contributed by atoms with Gasteiger partial charge in [0.1, 0.15) is 6.61 Å². The van der Waals surface area contributed by atoms with Gasteiger partial charge in [0.2, 0.25) is 0 Å². The van der Waals surface area contributed by atoms with E-state index >= 15 is 0 Å². The lowest BCUT2D eigenvalue weighted by Crippen LogP contribution is -2.47. The van der Waals surface area contributed by atoms with Gasteiger partial charge in [-0.15, -0.1) is 11.3 Å². The molecule has 1 fully saturated rings. The summed E-state index contributed by atoms with van der Waals surface area (Å²) in [6.07, 6.45) is 0. The predicted molar refractivity (Wildman–Crippen MR) is 86.1 cm³/mol. The Morgan fingerprint density at radius 1 is 1.33 bits per heavy atom. The highest BCUT2D eigenvalue weighted by atomic mass is 32.1. The smallest absolute Gasteiger partial charge is 0.302 e. The van der Waals surface area contributed by atoms with E-state index in [0.29, 0.717) is 6.61 Å². The van der Waals surface area contributed by atoms with Crippen LogP contribution in [0.25, 0.3) is 0 Å². The minimum atomic E-state index is -0.203. The van der Waals surface area contributed by atoms with Crippen LogP contribution >= 0.6 is 11.3 Å². The predicted octanol–water partition coefficient (Wildman–Crippen LogP) is 2.13. The number of anilines is 1. The number of esters is 1. The summed E-state index contributed by atoms with van der Waals surface area (Å²) in [5, 5.41) is 3.29. The van der Waals surface area contributed by atoms with Gasteiger partial charge in [-0.25, -0.2) is 4.98 Å². The van der Waals surface area contributed by atoms with Crippen LogP contribution in [0.3, 0.4) is 0 Å². The number of carbonyl (C=O) groups excluding carboxylic acids is 1. The van der Waals surface area contributed by atoms with E-state index in [1.54, 1.807) is 11.3 Å². The van der Waals surface area contributed by atoms with Gasteiger partial charge in [0.05, 0.1) is 5.69 Å². The molecule has 1 saturated heterocycles. The van der Waals surface area contributed by atoms with Crippen LogP contribution in [0.4, 0.5) is 5.13 Å². The molecule has 0 N–H and O–H groups in total. The maximum absolute atomic E-state index is 10.7. The summed E-state index contributed by atoms with van der Waals surface area (Å²) in [5.74, 6) is -0.203. The summed E-state index contributed by atoms with van der Waals surface area (Å²) in [6, 6.07) is 0. The zero-order chi connectivity index (χ0) is 15.5. The molecule has 0 atom stereocenters. The van der Waals surface area contributed by atoms with E-state index in [9.17, 15) is 4.79 Å². The molecule has 0 amide bonds. The Morgan fingerprint density at radius 2 is 2.00 bits per heavy atom. The van der Waals surface area contributed by atoms with Crippen LogP contribution in [0.2, 0.25) is 0 Å². The molecule has 2 heterocycles. The number of rotatable bonds is 4. The van der Waals surface area contributed by atoms with Gasteiger partial charge < -0.3 is 9.64 Å². The number of hydrogen-bond acceptors (Lipinski definition) is 6. The Kier molecular flexibility index (Phi) is 5.22. The van der Waals surface area contributed by atoms with Crippen molar-refractivity contribution in [3.63, 3.8) is 0 Å². The highest BCUT2D eigenvalue weighted by Gasteiger charge is 2.22. The maximum atomic E-state index is 10.7. The van der Waals surface area contributed by atoms with Gasteiger partial charge in [0.25, 0.3) is 0 Å². The lowest BCUT2D eigenvalue weighted by atomic mass is 9.93. The largest absolute Gasteiger partial charge is 0.465 e. The van der Waals surface area contributed by atoms with Crippen molar-refractivity contribution in [1.82, 2.24) is 9.88 Å². The SMILES string of the molecule is CC(=O)OCCN1CCN(c2nc(C(C)(C)C)cs2)CC1. The Morgan fingerprint density at radius 3 is 2.52 bits per heavy atom.